The third kappa shape index (κ3) is 3.58. The van der Waals surface area contributed by atoms with Gasteiger partial charge in [0.15, 0.2) is 11.6 Å². The van der Waals surface area contributed by atoms with Crippen LogP contribution in [-0.2, 0) is 6.42 Å². The van der Waals surface area contributed by atoms with Crippen LogP contribution >= 0.6 is 0 Å². The van der Waals surface area contributed by atoms with Crippen molar-refractivity contribution >= 4 is 0 Å². The van der Waals surface area contributed by atoms with Crippen LogP contribution in [0.15, 0.2) is 42.5 Å². The lowest BCUT2D eigenvalue weighted by atomic mass is 10.0. The van der Waals surface area contributed by atoms with Crippen LogP contribution in [0.25, 0.3) is 0 Å². The van der Waals surface area contributed by atoms with Crippen LogP contribution < -0.4 is 10.5 Å². The van der Waals surface area contributed by atoms with Crippen LogP contribution in [0.1, 0.15) is 30.9 Å². The minimum absolute atomic E-state index is 0.239. The molecule has 0 heterocycles. The Morgan fingerprint density at radius 1 is 1.10 bits per heavy atom. The van der Waals surface area contributed by atoms with Crippen LogP contribution in [0.2, 0.25) is 0 Å². The zero-order valence-corrected chi connectivity index (χ0v) is 11.9. The lowest BCUT2D eigenvalue weighted by molar-refractivity contribution is 0.441. The summed E-state index contributed by atoms with van der Waals surface area (Å²) in [4.78, 5) is 0. The van der Waals surface area contributed by atoms with E-state index in [9.17, 15) is 4.39 Å². The second-order valence-corrected chi connectivity index (χ2v) is 5.13. The molecular weight excluding hydrogens is 253 g/mol. The van der Waals surface area contributed by atoms with Crippen molar-refractivity contribution in [2.45, 2.75) is 26.2 Å². The fourth-order valence-corrected chi connectivity index (χ4v) is 2.00. The second kappa shape index (κ2) is 6.53. The number of rotatable bonds is 5. The summed E-state index contributed by atoms with van der Waals surface area (Å²) < 4.78 is 19.5. The second-order valence-electron chi connectivity index (χ2n) is 5.13. The predicted molar refractivity (Wildman–Crippen MR) is 79.8 cm³/mol. The van der Waals surface area contributed by atoms with Crippen molar-refractivity contribution in [1.29, 1.82) is 0 Å². The Bertz CT molecular complexity index is 564. The molecule has 2 rings (SSSR count). The van der Waals surface area contributed by atoms with E-state index in [1.807, 2.05) is 30.3 Å². The Morgan fingerprint density at radius 3 is 2.35 bits per heavy atom. The van der Waals surface area contributed by atoms with Crippen molar-refractivity contribution in [3.63, 3.8) is 0 Å². The molecule has 0 saturated carbocycles. The van der Waals surface area contributed by atoms with E-state index in [1.165, 1.54) is 11.6 Å². The standard InChI is InChI=1S/C17H20FNO/c1-12(2)14-4-6-15(7-5-14)20-17-8-3-13(9-10-19)11-16(17)18/h3-8,11-12H,9-10,19H2,1-2H3. The average molecular weight is 273 g/mol. The number of nitrogens with two attached hydrogens (primary N) is 1. The Hall–Kier alpha value is -1.87. The lowest BCUT2D eigenvalue weighted by Crippen LogP contribution is -2.03. The van der Waals surface area contributed by atoms with E-state index in [0.29, 0.717) is 24.6 Å². The zero-order chi connectivity index (χ0) is 14.5. The Balaban J connectivity index is 2.13. The van der Waals surface area contributed by atoms with Crippen LogP contribution in [0.4, 0.5) is 4.39 Å². The SMILES string of the molecule is CC(C)c1ccc(Oc2ccc(CCN)cc2F)cc1. The first-order valence-corrected chi connectivity index (χ1v) is 6.86. The molecule has 0 aliphatic carbocycles. The minimum atomic E-state index is -0.358. The summed E-state index contributed by atoms with van der Waals surface area (Å²) in [5.41, 5.74) is 7.57. The van der Waals surface area contributed by atoms with Gasteiger partial charge in [0.2, 0.25) is 0 Å². The van der Waals surface area contributed by atoms with Gasteiger partial charge in [-0.2, -0.15) is 0 Å². The molecule has 106 valence electrons. The largest absolute Gasteiger partial charge is 0.454 e. The van der Waals surface area contributed by atoms with Crippen molar-refractivity contribution in [2.75, 3.05) is 6.54 Å². The molecule has 20 heavy (non-hydrogen) atoms. The fraction of sp³-hybridized carbons (Fsp3) is 0.294. The summed E-state index contributed by atoms with van der Waals surface area (Å²) in [5, 5.41) is 0. The molecule has 2 aromatic carbocycles. The van der Waals surface area contributed by atoms with Crippen molar-refractivity contribution in [3.8, 4) is 11.5 Å². The van der Waals surface area contributed by atoms with E-state index in [4.69, 9.17) is 10.5 Å². The van der Waals surface area contributed by atoms with Gasteiger partial charge in [-0.05, 0) is 54.3 Å². The van der Waals surface area contributed by atoms with Gasteiger partial charge in [0, 0.05) is 0 Å². The summed E-state index contributed by atoms with van der Waals surface area (Å²) in [6.07, 6.45) is 0.667. The molecule has 2 nitrogen and oxygen atoms in total. The maximum atomic E-state index is 13.9. The summed E-state index contributed by atoms with van der Waals surface area (Å²) in [5.74, 6) is 0.989. The molecule has 0 aliphatic rings. The van der Waals surface area contributed by atoms with Crippen LogP contribution in [0.3, 0.4) is 0 Å². The topological polar surface area (TPSA) is 35.2 Å². The molecule has 0 fully saturated rings. The summed E-state index contributed by atoms with van der Waals surface area (Å²) in [7, 11) is 0. The van der Waals surface area contributed by atoms with Crippen LogP contribution in [-0.4, -0.2) is 6.54 Å². The maximum absolute atomic E-state index is 13.9. The number of hydrogen-bond acceptors (Lipinski definition) is 2. The van der Waals surface area contributed by atoms with E-state index in [1.54, 1.807) is 6.07 Å². The number of benzene rings is 2. The van der Waals surface area contributed by atoms with Gasteiger partial charge < -0.3 is 10.5 Å². The third-order valence-electron chi connectivity index (χ3n) is 3.20. The van der Waals surface area contributed by atoms with E-state index in [-0.39, 0.29) is 11.6 Å². The first-order valence-electron chi connectivity index (χ1n) is 6.86. The van der Waals surface area contributed by atoms with Gasteiger partial charge in [-0.25, -0.2) is 4.39 Å². The van der Waals surface area contributed by atoms with Gasteiger partial charge in [0.25, 0.3) is 0 Å². The minimum Gasteiger partial charge on any atom is -0.454 e. The Morgan fingerprint density at radius 2 is 1.80 bits per heavy atom. The molecule has 0 unspecified atom stereocenters. The number of halogens is 1. The third-order valence-corrected chi connectivity index (χ3v) is 3.20. The first kappa shape index (κ1) is 14.5. The maximum Gasteiger partial charge on any atom is 0.165 e. The highest BCUT2D eigenvalue weighted by Crippen LogP contribution is 2.26. The highest BCUT2D eigenvalue weighted by atomic mass is 19.1. The molecule has 0 aliphatic heterocycles. The van der Waals surface area contributed by atoms with E-state index in [2.05, 4.69) is 13.8 Å². The molecule has 0 radical (unpaired) electrons. The van der Waals surface area contributed by atoms with Crippen LogP contribution in [0, 0.1) is 5.82 Å². The van der Waals surface area contributed by atoms with Crippen molar-refractivity contribution < 1.29 is 9.13 Å². The smallest absolute Gasteiger partial charge is 0.165 e. The molecule has 0 amide bonds. The van der Waals surface area contributed by atoms with Gasteiger partial charge in [0.1, 0.15) is 5.75 Å². The van der Waals surface area contributed by atoms with Gasteiger partial charge in [-0.15, -0.1) is 0 Å². The molecule has 0 bridgehead atoms. The normalized spacial score (nSPS) is 10.8. The van der Waals surface area contributed by atoms with Gasteiger partial charge in [-0.3, -0.25) is 0 Å². The van der Waals surface area contributed by atoms with E-state index < -0.39 is 0 Å². The summed E-state index contributed by atoms with van der Waals surface area (Å²) in [6.45, 7) is 4.77. The quantitative estimate of drug-likeness (QED) is 0.884. The zero-order valence-electron chi connectivity index (χ0n) is 11.9. The molecular formula is C17H20FNO. The van der Waals surface area contributed by atoms with Gasteiger partial charge in [0.05, 0.1) is 0 Å². The number of hydrogen-bond donors (Lipinski definition) is 1. The van der Waals surface area contributed by atoms with Crippen molar-refractivity contribution in [1.82, 2.24) is 0 Å². The monoisotopic (exact) mass is 273 g/mol. The predicted octanol–water partition coefficient (Wildman–Crippen LogP) is 4.24. The lowest BCUT2D eigenvalue weighted by Gasteiger charge is -2.10. The summed E-state index contributed by atoms with van der Waals surface area (Å²) in [6, 6.07) is 12.7. The molecule has 0 atom stereocenters. The van der Waals surface area contributed by atoms with Crippen LogP contribution in [0.5, 0.6) is 11.5 Å². The Labute approximate surface area is 119 Å². The van der Waals surface area contributed by atoms with E-state index in [0.717, 1.165) is 5.56 Å². The molecule has 0 saturated heterocycles. The first-order chi connectivity index (χ1) is 9.60. The average Bonchev–Trinajstić information content (AvgIpc) is 2.43. The van der Waals surface area contributed by atoms with E-state index >= 15 is 0 Å². The fourth-order valence-electron chi connectivity index (χ4n) is 2.00. The van der Waals surface area contributed by atoms with Crippen molar-refractivity contribution in [3.05, 3.63) is 59.4 Å². The molecule has 2 aromatic rings. The molecule has 3 heteroatoms. The summed E-state index contributed by atoms with van der Waals surface area (Å²) >= 11 is 0. The van der Waals surface area contributed by atoms with Gasteiger partial charge in [-0.1, -0.05) is 32.0 Å². The highest BCUT2D eigenvalue weighted by molar-refractivity contribution is 5.36. The Kier molecular flexibility index (Phi) is 4.74. The van der Waals surface area contributed by atoms with Crippen molar-refractivity contribution in [2.24, 2.45) is 5.73 Å². The molecule has 2 N–H and O–H groups in total. The van der Waals surface area contributed by atoms with Gasteiger partial charge >= 0.3 is 0 Å². The molecule has 0 aromatic heterocycles. The molecule has 0 spiro atoms. The highest BCUT2D eigenvalue weighted by Gasteiger charge is 2.06. The number of ether oxygens (including phenoxy) is 1.